The fraction of sp³-hybridized carbons (Fsp3) is 0.529. The Balaban J connectivity index is 1.69. The number of halogens is 1. The average molecular weight is 352 g/mol. The van der Waals surface area contributed by atoms with Gasteiger partial charge >= 0.3 is 0 Å². The molecule has 0 aliphatic carbocycles. The Kier molecular flexibility index (Phi) is 5.40. The van der Waals surface area contributed by atoms with Gasteiger partial charge in [-0.25, -0.2) is 4.39 Å². The number of carbonyl (C=O) groups is 2. The van der Waals surface area contributed by atoms with Crippen LogP contribution in [0.2, 0.25) is 0 Å². The van der Waals surface area contributed by atoms with Crippen LogP contribution in [0, 0.1) is 11.7 Å². The minimum absolute atomic E-state index is 0.0114. The highest BCUT2D eigenvalue weighted by molar-refractivity contribution is 8.13. The molecule has 1 aromatic rings. The summed E-state index contributed by atoms with van der Waals surface area (Å²) in [6, 6.07) is 4.97. The van der Waals surface area contributed by atoms with Crippen molar-refractivity contribution < 1.29 is 18.7 Å². The Labute approximate surface area is 145 Å². The summed E-state index contributed by atoms with van der Waals surface area (Å²) in [6.45, 7) is 4.60. The first-order valence-electron chi connectivity index (χ1n) is 8.10. The molecule has 2 fully saturated rings. The van der Waals surface area contributed by atoms with Gasteiger partial charge in [-0.15, -0.1) is 0 Å². The highest BCUT2D eigenvalue weighted by Crippen LogP contribution is 2.31. The van der Waals surface area contributed by atoms with Crippen LogP contribution in [0.15, 0.2) is 18.2 Å². The van der Waals surface area contributed by atoms with Crippen LogP contribution in [0.25, 0.3) is 0 Å². The van der Waals surface area contributed by atoms with Gasteiger partial charge in [-0.3, -0.25) is 9.59 Å². The first-order chi connectivity index (χ1) is 11.5. The van der Waals surface area contributed by atoms with Crippen LogP contribution in [0.5, 0.6) is 0 Å². The first kappa shape index (κ1) is 17.2. The number of amides is 1. The normalized spacial score (nSPS) is 21.4. The number of hydrogen-bond donors (Lipinski definition) is 0. The molecule has 1 atom stereocenters. The summed E-state index contributed by atoms with van der Waals surface area (Å²) in [5, 5.41) is 0.0572. The van der Waals surface area contributed by atoms with Crippen molar-refractivity contribution in [2.75, 3.05) is 48.4 Å². The molecule has 2 saturated heterocycles. The standard InChI is InChI=1S/C17H21FN2O3S/c1-12(21)24-11-13-8-17(22)20(10-13)14-2-3-16(15(18)9-14)19-4-6-23-7-5-19/h2-3,9,13H,4-8,10-11H2,1H3. The van der Waals surface area contributed by atoms with Crippen molar-refractivity contribution in [1.29, 1.82) is 0 Å². The highest BCUT2D eigenvalue weighted by atomic mass is 32.2. The summed E-state index contributed by atoms with van der Waals surface area (Å²) in [7, 11) is 0. The number of thioether (sulfide) groups is 1. The maximum Gasteiger partial charge on any atom is 0.227 e. The molecule has 2 aliphatic heterocycles. The number of hydrogen-bond acceptors (Lipinski definition) is 5. The second kappa shape index (κ2) is 7.53. The Morgan fingerprint density at radius 1 is 1.38 bits per heavy atom. The Hall–Kier alpha value is -1.60. The maximum absolute atomic E-state index is 14.5. The quantitative estimate of drug-likeness (QED) is 0.832. The Bertz CT molecular complexity index is 634. The second-order valence-corrected chi connectivity index (χ2v) is 7.31. The van der Waals surface area contributed by atoms with Gasteiger partial charge in [-0.05, 0) is 24.1 Å². The van der Waals surface area contributed by atoms with Crippen LogP contribution in [0.3, 0.4) is 0 Å². The van der Waals surface area contributed by atoms with E-state index in [1.807, 2.05) is 4.90 Å². The van der Waals surface area contributed by atoms with Gasteiger partial charge in [0.05, 0.1) is 18.9 Å². The summed E-state index contributed by atoms with van der Waals surface area (Å²) < 4.78 is 19.8. The van der Waals surface area contributed by atoms with Gasteiger partial charge in [0, 0.05) is 44.4 Å². The largest absolute Gasteiger partial charge is 0.378 e. The lowest BCUT2D eigenvalue weighted by Crippen LogP contribution is -2.36. The van der Waals surface area contributed by atoms with E-state index in [2.05, 4.69) is 0 Å². The molecule has 3 rings (SSSR count). The van der Waals surface area contributed by atoms with Crippen LogP contribution in [0.1, 0.15) is 13.3 Å². The molecule has 130 valence electrons. The molecular weight excluding hydrogens is 331 g/mol. The predicted molar refractivity (Wildman–Crippen MR) is 93.0 cm³/mol. The SMILES string of the molecule is CC(=O)SCC1CC(=O)N(c2ccc(N3CCOCC3)c(F)c2)C1. The number of anilines is 2. The highest BCUT2D eigenvalue weighted by Gasteiger charge is 2.31. The summed E-state index contributed by atoms with van der Waals surface area (Å²) in [4.78, 5) is 26.9. The number of carbonyl (C=O) groups excluding carboxylic acids is 2. The predicted octanol–water partition coefficient (Wildman–Crippen LogP) is 2.29. The van der Waals surface area contributed by atoms with Crippen molar-refractivity contribution in [1.82, 2.24) is 0 Å². The number of benzene rings is 1. The zero-order valence-electron chi connectivity index (χ0n) is 13.7. The monoisotopic (exact) mass is 352 g/mol. The lowest BCUT2D eigenvalue weighted by molar-refractivity contribution is -0.117. The second-order valence-electron chi connectivity index (χ2n) is 6.11. The van der Waals surface area contributed by atoms with Gasteiger partial charge in [0.25, 0.3) is 0 Å². The molecule has 1 aromatic carbocycles. The topological polar surface area (TPSA) is 49.9 Å². The van der Waals surface area contributed by atoms with Crippen molar-refractivity contribution in [2.45, 2.75) is 13.3 Å². The van der Waals surface area contributed by atoms with Crippen molar-refractivity contribution in [3.63, 3.8) is 0 Å². The van der Waals surface area contributed by atoms with Crippen LogP contribution in [-0.2, 0) is 14.3 Å². The van der Waals surface area contributed by atoms with Crippen molar-refractivity contribution in [3.05, 3.63) is 24.0 Å². The zero-order valence-corrected chi connectivity index (χ0v) is 14.5. The molecule has 0 radical (unpaired) electrons. The Morgan fingerprint density at radius 3 is 2.79 bits per heavy atom. The molecule has 0 saturated carbocycles. The third-order valence-corrected chi connectivity index (χ3v) is 5.37. The van der Waals surface area contributed by atoms with Gasteiger partial charge < -0.3 is 14.5 Å². The molecule has 2 aliphatic rings. The van der Waals surface area contributed by atoms with E-state index in [-0.39, 0.29) is 22.8 Å². The average Bonchev–Trinajstić information content (AvgIpc) is 2.94. The molecule has 0 spiro atoms. The van der Waals surface area contributed by atoms with E-state index >= 15 is 0 Å². The van der Waals surface area contributed by atoms with Gasteiger partial charge in [-0.1, -0.05) is 11.8 Å². The van der Waals surface area contributed by atoms with Gasteiger partial charge in [0.2, 0.25) is 5.91 Å². The molecule has 0 N–H and O–H groups in total. The van der Waals surface area contributed by atoms with Gasteiger partial charge in [0.1, 0.15) is 5.82 Å². The van der Waals surface area contributed by atoms with Gasteiger partial charge in [0.15, 0.2) is 5.12 Å². The molecule has 0 aromatic heterocycles. The lowest BCUT2D eigenvalue weighted by atomic mass is 10.1. The number of morpholine rings is 1. The van der Waals surface area contributed by atoms with E-state index in [0.29, 0.717) is 56.4 Å². The molecular formula is C17H21FN2O3S. The summed E-state index contributed by atoms with van der Waals surface area (Å²) in [6.07, 6.45) is 0.410. The summed E-state index contributed by atoms with van der Waals surface area (Å²) in [5.41, 5.74) is 1.14. The number of rotatable bonds is 4. The zero-order chi connectivity index (χ0) is 17.1. The fourth-order valence-electron chi connectivity index (χ4n) is 3.10. The van der Waals surface area contributed by atoms with E-state index in [0.717, 1.165) is 0 Å². The number of ether oxygens (including phenoxy) is 1. The fourth-order valence-corrected chi connectivity index (χ4v) is 3.80. The van der Waals surface area contributed by atoms with Crippen LogP contribution in [0.4, 0.5) is 15.8 Å². The van der Waals surface area contributed by atoms with Crippen LogP contribution >= 0.6 is 11.8 Å². The first-order valence-corrected chi connectivity index (χ1v) is 9.09. The van der Waals surface area contributed by atoms with Gasteiger partial charge in [-0.2, -0.15) is 0 Å². The van der Waals surface area contributed by atoms with E-state index in [1.54, 1.807) is 17.0 Å². The summed E-state index contributed by atoms with van der Waals surface area (Å²) in [5.74, 6) is 0.436. The van der Waals surface area contributed by atoms with Crippen LogP contribution < -0.4 is 9.80 Å². The van der Waals surface area contributed by atoms with Crippen molar-refractivity contribution in [3.8, 4) is 0 Å². The Morgan fingerprint density at radius 2 is 2.12 bits per heavy atom. The minimum atomic E-state index is -0.316. The lowest BCUT2D eigenvalue weighted by Gasteiger charge is -2.29. The summed E-state index contributed by atoms with van der Waals surface area (Å²) >= 11 is 1.24. The number of nitrogens with zero attached hydrogens (tertiary/aromatic N) is 2. The molecule has 24 heavy (non-hydrogen) atoms. The molecule has 0 bridgehead atoms. The molecule has 1 unspecified atom stereocenters. The molecule has 5 nitrogen and oxygen atoms in total. The van der Waals surface area contributed by atoms with E-state index < -0.39 is 0 Å². The minimum Gasteiger partial charge on any atom is -0.378 e. The van der Waals surface area contributed by atoms with E-state index in [1.165, 1.54) is 24.8 Å². The van der Waals surface area contributed by atoms with E-state index in [4.69, 9.17) is 4.74 Å². The van der Waals surface area contributed by atoms with Crippen molar-refractivity contribution in [2.24, 2.45) is 5.92 Å². The van der Waals surface area contributed by atoms with Crippen molar-refractivity contribution >= 4 is 34.2 Å². The third-order valence-electron chi connectivity index (χ3n) is 4.32. The molecule has 7 heteroatoms. The van der Waals surface area contributed by atoms with E-state index in [9.17, 15) is 14.0 Å². The molecule has 1 amide bonds. The van der Waals surface area contributed by atoms with Crippen LogP contribution in [-0.4, -0.2) is 49.6 Å². The third kappa shape index (κ3) is 3.89. The maximum atomic E-state index is 14.5. The smallest absolute Gasteiger partial charge is 0.227 e. The molecule has 2 heterocycles.